The molecule has 9 heteroatoms. The number of halogens is 2. The van der Waals surface area contributed by atoms with Crippen LogP contribution < -0.4 is 10.2 Å². The molecule has 0 amide bonds. The molecule has 0 bridgehead atoms. The van der Waals surface area contributed by atoms with Gasteiger partial charge in [0.25, 0.3) is 0 Å². The number of benzene rings is 2. The predicted octanol–water partition coefficient (Wildman–Crippen LogP) is 4.72. The van der Waals surface area contributed by atoms with Gasteiger partial charge in [0.05, 0.1) is 27.9 Å². The first-order chi connectivity index (χ1) is 15.5. The molecule has 32 heavy (non-hydrogen) atoms. The van der Waals surface area contributed by atoms with E-state index in [1.54, 1.807) is 24.4 Å². The lowest BCUT2D eigenvalue weighted by Gasteiger charge is -2.36. The number of aliphatic imine (C=N–C) groups is 1. The van der Waals surface area contributed by atoms with Crippen molar-refractivity contribution in [1.82, 2.24) is 20.2 Å². The molecule has 2 aromatic carbocycles. The first-order valence-corrected chi connectivity index (χ1v) is 10.8. The molecule has 1 aliphatic heterocycles. The summed E-state index contributed by atoms with van der Waals surface area (Å²) < 4.78 is 13.3. The van der Waals surface area contributed by atoms with Crippen LogP contribution in [-0.4, -0.2) is 47.0 Å². The van der Waals surface area contributed by atoms with Crippen molar-refractivity contribution < 1.29 is 4.39 Å². The third-order valence-electron chi connectivity index (χ3n) is 4.64. The highest BCUT2D eigenvalue weighted by Gasteiger charge is 2.21. The molecular weight excluding hydrogens is 429 g/mol. The Bertz CT molecular complexity index is 1120. The summed E-state index contributed by atoms with van der Waals surface area (Å²) in [4.78, 5) is 17.5. The van der Waals surface area contributed by atoms with E-state index in [1.807, 2.05) is 23.2 Å². The molecule has 0 radical (unpaired) electrons. The molecule has 4 rings (SSSR count). The summed E-state index contributed by atoms with van der Waals surface area (Å²) in [5.41, 5.74) is 1.78. The Kier molecular flexibility index (Phi) is 8.17. The number of hydrogen-bond donors (Lipinski definition) is 1. The van der Waals surface area contributed by atoms with Crippen LogP contribution in [0.5, 0.6) is 0 Å². The number of para-hydroxylation sites is 1. The van der Waals surface area contributed by atoms with Crippen LogP contribution in [0.25, 0.3) is 11.0 Å². The zero-order valence-electron chi connectivity index (χ0n) is 18.1. The summed E-state index contributed by atoms with van der Waals surface area (Å²) in [5, 5.41) is 12.3. The molecule has 1 saturated heterocycles. The van der Waals surface area contributed by atoms with Crippen molar-refractivity contribution >= 4 is 40.1 Å². The quantitative estimate of drug-likeness (QED) is 0.262. The van der Waals surface area contributed by atoms with Crippen molar-refractivity contribution in [2.45, 2.75) is 20.3 Å². The molecule has 3 aromatic rings. The van der Waals surface area contributed by atoms with Crippen LogP contribution in [-0.2, 0) is 0 Å². The fourth-order valence-corrected chi connectivity index (χ4v) is 3.34. The van der Waals surface area contributed by atoms with Crippen molar-refractivity contribution in [3.05, 3.63) is 59.5 Å². The maximum Gasteiger partial charge on any atom is 0.212 e. The molecule has 166 valence electrons. The van der Waals surface area contributed by atoms with Crippen LogP contribution in [0.3, 0.4) is 0 Å². The lowest BCUT2D eigenvalue weighted by atomic mass is 10.3. The van der Waals surface area contributed by atoms with Gasteiger partial charge in [-0.3, -0.25) is 10.3 Å². The second-order valence-electron chi connectivity index (χ2n) is 7.17. The number of nitrogens with one attached hydrogen (secondary N) is 1. The summed E-state index contributed by atoms with van der Waals surface area (Å²) in [7, 11) is 0. The summed E-state index contributed by atoms with van der Waals surface area (Å²) in [5.74, 6) is 0.866. The Labute approximate surface area is 192 Å². The van der Waals surface area contributed by atoms with Gasteiger partial charge in [0.1, 0.15) is 11.6 Å². The summed E-state index contributed by atoms with van der Waals surface area (Å²) in [6.45, 7) is 6.88. The second kappa shape index (κ2) is 11.3. The van der Waals surface area contributed by atoms with E-state index in [1.165, 1.54) is 18.6 Å². The molecule has 0 unspecified atom stereocenters. The lowest BCUT2D eigenvalue weighted by Crippen LogP contribution is -2.52. The van der Waals surface area contributed by atoms with E-state index in [2.05, 4.69) is 39.0 Å². The molecule has 0 aliphatic carbocycles. The topological polar surface area (TPSA) is 80.4 Å². The smallest absolute Gasteiger partial charge is 0.212 e. The Morgan fingerprint density at radius 2 is 1.88 bits per heavy atom. The first-order valence-electron chi connectivity index (χ1n) is 10.5. The van der Waals surface area contributed by atoms with E-state index in [4.69, 9.17) is 16.9 Å². The number of rotatable bonds is 2. The van der Waals surface area contributed by atoms with Gasteiger partial charge in [-0.25, -0.2) is 14.4 Å². The van der Waals surface area contributed by atoms with E-state index in [9.17, 15) is 4.39 Å². The maximum absolute atomic E-state index is 13.3. The molecule has 0 spiro atoms. The van der Waals surface area contributed by atoms with Crippen LogP contribution in [0.1, 0.15) is 20.3 Å². The van der Waals surface area contributed by atoms with E-state index in [-0.39, 0.29) is 5.82 Å². The number of anilines is 1. The minimum Gasteiger partial charge on any atom is -0.352 e. The zero-order chi connectivity index (χ0) is 22.9. The van der Waals surface area contributed by atoms with E-state index in [0.29, 0.717) is 53.9 Å². The van der Waals surface area contributed by atoms with Gasteiger partial charge < -0.3 is 9.80 Å². The fourth-order valence-electron chi connectivity index (χ4n) is 3.16. The highest BCUT2D eigenvalue weighted by Crippen LogP contribution is 2.24. The van der Waals surface area contributed by atoms with Crippen LogP contribution in [0.4, 0.5) is 15.9 Å². The molecular formula is C23H25ClFN7. The standard InChI is InChI=1S/C20H17ClFN7.C3H8/c21-15-3-1-2-4-16(15)27-20(25-13-23)29-9-7-28(8-10-29)19-12-24-18-11-14(22)5-6-17(18)26-19;1-3-2/h1-6,11-12H,7-10H2,(H,25,27);3H2,1-2H3. The van der Waals surface area contributed by atoms with E-state index >= 15 is 0 Å². The lowest BCUT2D eigenvalue weighted by molar-refractivity contribution is 0.376. The maximum atomic E-state index is 13.3. The molecule has 0 atom stereocenters. The van der Waals surface area contributed by atoms with Crippen LogP contribution >= 0.6 is 11.6 Å². The van der Waals surface area contributed by atoms with E-state index in [0.717, 1.165) is 5.82 Å². The minimum absolute atomic E-state index is 0.330. The van der Waals surface area contributed by atoms with Gasteiger partial charge in [-0.15, -0.1) is 0 Å². The van der Waals surface area contributed by atoms with Crippen molar-refractivity contribution in [1.29, 1.82) is 5.26 Å². The average molecular weight is 454 g/mol. The van der Waals surface area contributed by atoms with Gasteiger partial charge in [-0.1, -0.05) is 44.0 Å². The number of hydrogen-bond acceptors (Lipinski definition) is 5. The zero-order valence-corrected chi connectivity index (χ0v) is 18.8. The number of piperazine rings is 1. The van der Waals surface area contributed by atoms with Crippen molar-refractivity contribution in [3.63, 3.8) is 0 Å². The number of nitrogens with zero attached hydrogens (tertiary/aromatic N) is 6. The van der Waals surface area contributed by atoms with Gasteiger partial charge in [0.15, 0.2) is 6.19 Å². The van der Waals surface area contributed by atoms with Gasteiger partial charge in [0, 0.05) is 32.2 Å². The molecule has 1 N–H and O–H groups in total. The molecule has 2 heterocycles. The Morgan fingerprint density at radius 1 is 1.16 bits per heavy atom. The molecule has 1 fully saturated rings. The van der Waals surface area contributed by atoms with Crippen LogP contribution in [0.2, 0.25) is 5.02 Å². The third kappa shape index (κ3) is 5.83. The fraction of sp³-hybridized carbons (Fsp3) is 0.304. The van der Waals surface area contributed by atoms with Gasteiger partial charge in [0.2, 0.25) is 5.96 Å². The van der Waals surface area contributed by atoms with Gasteiger partial charge >= 0.3 is 0 Å². The van der Waals surface area contributed by atoms with Crippen molar-refractivity contribution in [3.8, 4) is 6.19 Å². The molecule has 0 saturated carbocycles. The molecule has 7 nitrogen and oxygen atoms in total. The number of fused-ring (bicyclic) bond motifs is 1. The monoisotopic (exact) mass is 453 g/mol. The minimum atomic E-state index is -0.330. The summed E-state index contributed by atoms with van der Waals surface area (Å²) >= 11 is 6.18. The molecule has 1 aromatic heterocycles. The first kappa shape index (κ1) is 23.2. The van der Waals surface area contributed by atoms with Crippen LogP contribution in [0.15, 0.2) is 53.7 Å². The highest BCUT2D eigenvalue weighted by atomic mass is 35.5. The number of guanidine groups is 1. The Hall–Kier alpha value is -3.44. The highest BCUT2D eigenvalue weighted by molar-refractivity contribution is 6.33. The normalized spacial score (nSPS) is 13.9. The van der Waals surface area contributed by atoms with E-state index < -0.39 is 0 Å². The van der Waals surface area contributed by atoms with Crippen LogP contribution in [0, 0.1) is 17.3 Å². The average Bonchev–Trinajstić information content (AvgIpc) is 2.80. The summed E-state index contributed by atoms with van der Waals surface area (Å²) in [6, 6.07) is 11.6. The summed E-state index contributed by atoms with van der Waals surface area (Å²) in [6.07, 6.45) is 4.85. The third-order valence-corrected chi connectivity index (χ3v) is 4.96. The SMILES string of the molecule is CCC.N#CNC(=Nc1ccccc1Cl)N1CCN(c2cnc3cc(F)ccc3n2)CC1. The van der Waals surface area contributed by atoms with Gasteiger partial charge in [-0.2, -0.15) is 5.26 Å². The Balaban J connectivity index is 0.000000913. The largest absolute Gasteiger partial charge is 0.352 e. The molecule has 1 aliphatic rings. The number of aromatic nitrogens is 2. The second-order valence-corrected chi connectivity index (χ2v) is 7.57. The van der Waals surface area contributed by atoms with Crippen molar-refractivity contribution in [2.24, 2.45) is 4.99 Å². The Morgan fingerprint density at radius 3 is 2.56 bits per heavy atom. The predicted molar refractivity (Wildman–Crippen MR) is 127 cm³/mol. The van der Waals surface area contributed by atoms with Crippen molar-refractivity contribution in [2.75, 3.05) is 31.1 Å². The number of nitriles is 1. The van der Waals surface area contributed by atoms with Gasteiger partial charge in [-0.05, 0) is 24.3 Å².